The Morgan fingerprint density at radius 3 is 2.33 bits per heavy atom. The third-order valence-electron chi connectivity index (χ3n) is 5.45. The monoisotopic (exact) mass is 288 g/mol. The molecule has 3 N–H and O–H groups in total. The zero-order valence-electron chi connectivity index (χ0n) is 13.2. The Balaban J connectivity index is 1.71. The van der Waals surface area contributed by atoms with Gasteiger partial charge in [0.05, 0.1) is 6.10 Å². The molecule has 2 saturated heterocycles. The van der Waals surface area contributed by atoms with Crippen LogP contribution in [0.2, 0.25) is 0 Å². The molecule has 2 aliphatic rings. The lowest BCUT2D eigenvalue weighted by molar-refractivity contribution is 0.0110. The van der Waals surface area contributed by atoms with Crippen molar-refractivity contribution in [3.63, 3.8) is 0 Å². The highest BCUT2D eigenvalue weighted by Crippen LogP contribution is 2.40. The van der Waals surface area contributed by atoms with E-state index in [0.29, 0.717) is 12.1 Å². The highest BCUT2D eigenvalue weighted by atomic mass is 16.3. The van der Waals surface area contributed by atoms with Crippen molar-refractivity contribution in [1.29, 1.82) is 0 Å². The second kappa shape index (κ2) is 5.71. The Hall–Kier alpha value is -0.900. The molecule has 1 aromatic carbocycles. The Morgan fingerprint density at radius 2 is 1.76 bits per heavy atom. The number of rotatable bonds is 4. The maximum atomic E-state index is 9.94. The molecule has 3 rings (SSSR count). The van der Waals surface area contributed by atoms with E-state index >= 15 is 0 Å². The molecule has 1 aromatic rings. The van der Waals surface area contributed by atoms with E-state index in [0.717, 1.165) is 19.4 Å². The van der Waals surface area contributed by atoms with Gasteiger partial charge in [-0.3, -0.25) is 4.90 Å². The van der Waals surface area contributed by atoms with Crippen molar-refractivity contribution in [3.8, 4) is 0 Å². The van der Waals surface area contributed by atoms with E-state index in [2.05, 4.69) is 43.0 Å². The van der Waals surface area contributed by atoms with Gasteiger partial charge >= 0.3 is 0 Å². The summed E-state index contributed by atoms with van der Waals surface area (Å²) >= 11 is 0. The summed E-state index contributed by atoms with van der Waals surface area (Å²) in [5.41, 5.74) is 7.80. The number of piperidine rings is 1. The van der Waals surface area contributed by atoms with E-state index in [1.165, 1.54) is 18.4 Å². The standard InChI is InChI=1S/C18H28N2O/c1-18(2,17(19)13-6-4-3-5-7-13)12-20-14-8-9-15(20)11-16(21)10-14/h3-7,14-17,21H,8-12,19H2,1-2H3. The molecule has 3 unspecified atom stereocenters. The van der Waals surface area contributed by atoms with Gasteiger partial charge in [0.25, 0.3) is 0 Å². The predicted molar refractivity (Wildman–Crippen MR) is 85.9 cm³/mol. The summed E-state index contributed by atoms with van der Waals surface area (Å²) in [7, 11) is 0. The van der Waals surface area contributed by atoms with E-state index in [4.69, 9.17) is 5.73 Å². The molecule has 0 aromatic heterocycles. The molecule has 2 bridgehead atoms. The molecule has 2 aliphatic heterocycles. The molecule has 2 heterocycles. The minimum Gasteiger partial charge on any atom is -0.393 e. The first kappa shape index (κ1) is 15.0. The third kappa shape index (κ3) is 3.01. The fourth-order valence-corrected chi connectivity index (χ4v) is 4.18. The average molecular weight is 288 g/mol. The lowest BCUT2D eigenvalue weighted by Crippen LogP contribution is -2.50. The fraction of sp³-hybridized carbons (Fsp3) is 0.667. The van der Waals surface area contributed by atoms with Crippen LogP contribution < -0.4 is 5.73 Å². The van der Waals surface area contributed by atoms with Gasteiger partial charge in [-0.2, -0.15) is 0 Å². The number of hydrogen-bond acceptors (Lipinski definition) is 3. The Labute approximate surface area is 128 Å². The first-order chi connectivity index (χ1) is 9.97. The second-order valence-electron chi connectivity index (χ2n) is 7.56. The molecule has 0 amide bonds. The van der Waals surface area contributed by atoms with Crippen LogP contribution >= 0.6 is 0 Å². The maximum Gasteiger partial charge on any atom is 0.0570 e. The summed E-state index contributed by atoms with van der Waals surface area (Å²) in [5.74, 6) is 0. The first-order valence-electron chi connectivity index (χ1n) is 8.22. The van der Waals surface area contributed by atoms with Gasteiger partial charge in [0.15, 0.2) is 0 Å². The molecule has 3 nitrogen and oxygen atoms in total. The maximum absolute atomic E-state index is 9.94. The van der Waals surface area contributed by atoms with Crippen molar-refractivity contribution in [2.24, 2.45) is 11.1 Å². The van der Waals surface area contributed by atoms with Gasteiger partial charge in [0.2, 0.25) is 0 Å². The van der Waals surface area contributed by atoms with Gasteiger partial charge in [-0.25, -0.2) is 0 Å². The average Bonchev–Trinajstić information content (AvgIpc) is 2.70. The summed E-state index contributed by atoms with van der Waals surface area (Å²) in [4.78, 5) is 2.62. The highest BCUT2D eigenvalue weighted by molar-refractivity contribution is 5.20. The van der Waals surface area contributed by atoms with Crippen molar-refractivity contribution in [2.45, 2.75) is 63.8 Å². The van der Waals surface area contributed by atoms with Gasteiger partial charge in [-0.05, 0) is 36.7 Å². The number of nitrogens with zero attached hydrogens (tertiary/aromatic N) is 1. The molecule has 2 fully saturated rings. The summed E-state index contributed by atoms with van der Waals surface area (Å²) in [6.45, 7) is 5.56. The van der Waals surface area contributed by atoms with Crippen LogP contribution in [0.15, 0.2) is 30.3 Å². The molecule has 0 saturated carbocycles. The number of aliphatic hydroxyl groups is 1. The SMILES string of the molecule is CC(C)(CN1C2CCC1CC(O)C2)C(N)c1ccccc1. The number of hydrogen-bond donors (Lipinski definition) is 2. The van der Waals surface area contributed by atoms with Gasteiger partial charge in [0, 0.05) is 24.7 Å². The van der Waals surface area contributed by atoms with Gasteiger partial charge in [-0.15, -0.1) is 0 Å². The fourth-order valence-electron chi connectivity index (χ4n) is 4.18. The van der Waals surface area contributed by atoms with Crippen LogP contribution in [0, 0.1) is 5.41 Å². The van der Waals surface area contributed by atoms with Gasteiger partial charge in [-0.1, -0.05) is 44.2 Å². The molecule has 116 valence electrons. The molecular formula is C18H28N2O. The number of fused-ring (bicyclic) bond motifs is 2. The van der Waals surface area contributed by atoms with Crippen LogP contribution in [0.1, 0.15) is 51.1 Å². The van der Waals surface area contributed by atoms with Crippen LogP contribution in [-0.2, 0) is 0 Å². The Morgan fingerprint density at radius 1 is 1.19 bits per heavy atom. The summed E-state index contributed by atoms with van der Waals surface area (Å²) < 4.78 is 0. The van der Waals surface area contributed by atoms with E-state index in [9.17, 15) is 5.11 Å². The normalized spacial score (nSPS) is 31.3. The van der Waals surface area contributed by atoms with Crippen molar-refractivity contribution in [2.75, 3.05) is 6.54 Å². The van der Waals surface area contributed by atoms with Crippen molar-refractivity contribution in [3.05, 3.63) is 35.9 Å². The molecule has 0 spiro atoms. The van der Waals surface area contributed by atoms with Crippen LogP contribution in [0.25, 0.3) is 0 Å². The Bertz CT molecular complexity index is 459. The van der Waals surface area contributed by atoms with Gasteiger partial charge in [0.1, 0.15) is 0 Å². The largest absolute Gasteiger partial charge is 0.393 e. The first-order valence-corrected chi connectivity index (χ1v) is 8.22. The molecule has 3 atom stereocenters. The lowest BCUT2D eigenvalue weighted by Gasteiger charge is -2.43. The minimum absolute atomic E-state index is 0.0322. The van der Waals surface area contributed by atoms with E-state index in [-0.39, 0.29) is 17.6 Å². The summed E-state index contributed by atoms with van der Waals surface area (Å²) in [6.07, 6.45) is 4.25. The van der Waals surface area contributed by atoms with Crippen LogP contribution in [0.4, 0.5) is 0 Å². The molecule has 0 radical (unpaired) electrons. The quantitative estimate of drug-likeness (QED) is 0.895. The lowest BCUT2D eigenvalue weighted by atomic mass is 9.79. The minimum atomic E-state index is -0.0929. The summed E-state index contributed by atoms with van der Waals surface area (Å²) in [6, 6.07) is 11.6. The van der Waals surface area contributed by atoms with Crippen LogP contribution in [-0.4, -0.2) is 34.7 Å². The zero-order chi connectivity index (χ0) is 15.0. The smallest absolute Gasteiger partial charge is 0.0570 e. The molecule has 3 heteroatoms. The van der Waals surface area contributed by atoms with E-state index < -0.39 is 0 Å². The zero-order valence-corrected chi connectivity index (χ0v) is 13.2. The van der Waals surface area contributed by atoms with E-state index in [1.54, 1.807) is 0 Å². The molecule has 0 aliphatic carbocycles. The molecular weight excluding hydrogens is 260 g/mol. The Kier molecular flexibility index (Phi) is 4.08. The van der Waals surface area contributed by atoms with Gasteiger partial charge < -0.3 is 10.8 Å². The predicted octanol–water partition coefficient (Wildman–Crippen LogP) is 2.70. The number of aliphatic hydroxyl groups excluding tert-OH is 1. The highest BCUT2D eigenvalue weighted by Gasteiger charge is 2.43. The summed E-state index contributed by atoms with van der Waals surface area (Å²) in [5, 5.41) is 9.94. The van der Waals surface area contributed by atoms with Crippen LogP contribution in [0.5, 0.6) is 0 Å². The van der Waals surface area contributed by atoms with Crippen LogP contribution in [0.3, 0.4) is 0 Å². The van der Waals surface area contributed by atoms with Crippen molar-refractivity contribution < 1.29 is 5.11 Å². The third-order valence-corrected chi connectivity index (χ3v) is 5.45. The topological polar surface area (TPSA) is 49.5 Å². The number of nitrogens with two attached hydrogens (primary N) is 1. The van der Waals surface area contributed by atoms with Crippen molar-refractivity contribution in [1.82, 2.24) is 4.90 Å². The second-order valence-corrected chi connectivity index (χ2v) is 7.56. The molecule has 21 heavy (non-hydrogen) atoms. The van der Waals surface area contributed by atoms with Crippen molar-refractivity contribution >= 4 is 0 Å². The number of benzene rings is 1. The van der Waals surface area contributed by atoms with E-state index in [1.807, 2.05) is 6.07 Å².